The number of likely N-dealkylation sites (N-methyl/N-ethyl adjacent to an activating group) is 1. The number of amides is 1. The second-order valence-corrected chi connectivity index (χ2v) is 8.07. The van der Waals surface area contributed by atoms with Crippen molar-refractivity contribution in [2.75, 3.05) is 31.6 Å². The molecule has 142 valence electrons. The van der Waals surface area contributed by atoms with Crippen LogP contribution in [-0.2, 0) is 14.9 Å². The molecule has 5 heteroatoms. The quantitative estimate of drug-likeness (QED) is 0.855. The summed E-state index contributed by atoms with van der Waals surface area (Å²) < 4.78 is 5.54. The molecule has 0 fully saturated rings. The van der Waals surface area contributed by atoms with Crippen LogP contribution in [0.5, 0.6) is 0 Å². The van der Waals surface area contributed by atoms with Crippen LogP contribution in [-0.4, -0.2) is 32.7 Å². The van der Waals surface area contributed by atoms with Crippen LogP contribution in [0.3, 0.4) is 0 Å². The van der Waals surface area contributed by atoms with Gasteiger partial charge in [-0.15, -0.1) is 0 Å². The molecule has 2 N–H and O–H groups in total. The van der Waals surface area contributed by atoms with Crippen molar-refractivity contribution in [1.29, 1.82) is 0 Å². The van der Waals surface area contributed by atoms with E-state index in [9.17, 15) is 4.79 Å². The van der Waals surface area contributed by atoms with Crippen LogP contribution in [0.4, 0.5) is 5.69 Å². The first-order valence-electron chi connectivity index (χ1n) is 10.1. The fraction of sp³-hybridized carbons (Fsp3) is 0.348. The first kappa shape index (κ1) is 16.0. The summed E-state index contributed by atoms with van der Waals surface area (Å²) in [6, 6.07) is 6.27. The zero-order valence-corrected chi connectivity index (χ0v) is 16.1. The lowest BCUT2D eigenvalue weighted by atomic mass is 9.71. The number of carbonyl (C=O) groups is 1. The molecule has 6 rings (SSSR count). The van der Waals surface area contributed by atoms with Crippen molar-refractivity contribution in [3.63, 3.8) is 0 Å². The van der Waals surface area contributed by atoms with E-state index in [1.54, 1.807) is 0 Å². The van der Waals surface area contributed by atoms with Crippen LogP contribution in [0.2, 0.25) is 0 Å². The first-order chi connectivity index (χ1) is 13.7. The predicted molar refractivity (Wildman–Crippen MR) is 108 cm³/mol. The third-order valence-corrected chi connectivity index (χ3v) is 6.72. The van der Waals surface area contributed by atoms with E-state index in [-0.39, 0.29) is 5.91 Å². The van der Waals surface area contributed by atoms with Crippen LogP contribution in [0.1, 0.15) is 24.5 Å². The Hall–Kier alpha value is -2.95. The molecule has 5 aliphatic rings. The molecule has 28 heavy (non-hydrogen) atoms. The maximum atomic E-state index is 13.8. The van der Waals surface area contributed by atoms with E-state index >= 15 is 0 Å². The zero-order chi connectivity index (χ0) is 19.0. The number of allylic oxidation sites excluding steroid dienone is 3. The molecule has 0 saturated carbocycles. The Morgan fingerprint density at radius 3 is 3.07 bits per heavy atom. The van der Waals surface area contributed by atoms with Gasteiger partial charge in [-0.1, -0.05) is 18.2 Å². The van der Waals surface area contributed by atoms with Gasteiger partial charge in [-0.3, -0.25) is 4.79 Å². The van der Waals surface area contributed by atoms with Gasteiger partial charge in [-0.25, -0.2) is 0 Å². The summed E-state index contributed by atoms with van der Waals surface area (Å²) in [5, 5.41) is 7.06. The Kier molecular flexibility index (Phi) is 3.04. The summed E-state index contributed by atoms with van der Waals surface area (Å²) in [6.45, 7) is 4.33. The van der Waals surface area contributed by atoms with E-state index in [4.69, 9.17) is 4.74 Å². The summed E-state index contributed by atoms with van der Waals surface area (Å²) in [4.78, 5) is 15.6. The summed E-state index contributed by atoms with van der Waals surface area (Å²) >= 11 is 0. The highest BCUT2D eigenvalue weighted by molar-refractivity contribution is 6.13. The summed E-state index contributed by atoms with van der Waals surface area (Å²) in [6.07, 6.45) is 7.15. The fourth-order valence-electron chi connectivity index (χ4n) is 5.48. The van der Waals surface area contributed by atoms with Crippen LogP contribution in [0.25, 0.3) is 5.57 Å². The van der Waals surface area contributed by atoms with Gasteiger partial charge in [0.25, 0.3) is 0 Å². The van der Waals surface area contributed by atoms with Gasteiger partial charge in [0.1, 0.15) is 5.41 Å². The van der Waals surface area contributed by atoms with Gasteiger partial charge >= 0.3 is 0 Å². The molecule has 2 unspecified atom stereocenters. The van der Waals surface area contributed by atoms with Crippen molar-refractivity contribution < 1.29 is 9.53 Å². The average molecular weight is 373 g/mol. The number of hydrogen-bond donors (Lipinski definition) is 2. The number of carbonyl (C=O) groups excluding carboxylic acids is 1. The van der Waals surface area contributed by atoms with E-state index in [1.165, 1.54) is 22.4 Å². The normalized spacial score (nSPS) is 28.9. The molecule has 3 heterocycles. The molecule has 0 bridgehead atoms. The molecule has 1 aromatic rings. The van der Waals surface area contributed by atoms with Gasteiger partial charge in [0.2, 0.25) is 5.91 Å². The number of ether oxygens (including phenoxy) is 1. The van der Waals surface area contributed by atoms with Gasteiger partial charge < -0.3 is 20.3 Å². The zero-order valence-electron chi connectivity index (χ0n) is 16.1. The molecule has 1 aromatic carbocycles. The highest BCUT2D eigenvalue weighted by atomic mass is 16.5. The Balaban J connectivity index is 1.61. The third kappa shape index (κ3) is 1.75. The monoisotopic (exact) mass is 373 g/mol. The van der Waals surface area contributed by atoms with Gasteiger partial charge in [0.05, 0.1) is 12.9 Å². The molecule has 1 spiro atoms. The van der Waals surface area contributed by atoms with Crippen molar-refractivity contribution in [2.24, 2.45) is 5.92 Å². The molecule has 2 aliphatic carbocycles. The van der Waals surface area contributed by atoms with Crippen molar-refractivity contribution in [3.8, 4) is 0 Å². The number of hydrogen-bond acceptors (Lipinski definition) is 4. The fourth-order valence-corrected chi connectivity index (χ4v) is 5.48. The standard InChI is InChI=1S/C23H23N3O2/c1-3-24-21-15-7-8-16-20(18(15)21)23(12-25-16)19-14(13-9-10-28-11-13)5-4-6-17(19)26(2)22(23)27/h4-8,11,15,24-25H,3,9-10,12H2,1-2H3. The molecule has 3 aliphatic heterocycles. The lowest BCUT2D eigenvalue weighted by molar-refractivity contribution is -0.121. The smallest absolute Gasteiger partial charge is 0.243 e. The van der Waals surface area contributed by atoms with Crippen LogP contribution < -0.4 is 15.5 Å². The summed E-state index contributed by atoms with van der Waals surface area (Å²) in [5.41, 5.74) is 8.70. The minimum absolute atomic E-state index is 0.163. The van der Waals surface area contributed by atoms with E-state index < -0.39 is 5.41 Å². The van der Waals surface area contributed by atoms with Gasteiger partial charge in [0.15, 0.2) is 0 Å². The topological polar surface area (TPSA) is 53.6 Å². The SMILES string of the molecule is CCNC1=C2C3=C(C=CC12)NCC31C(=O)N(C)c2cccc(C3=COCC3)c21. The predicted octanol–water partition coefficient (Wildman–Crippen LogP) is 2.58. The maximum absolute atomic E-state index is 13.8. The first-order valence-corrected chi connectivity index (χ1v) is 10.1. The van der Waals surface area contributed by atoms with Gasteiger partial charge in [0, 0.05) is 60.7 Å². The molecule has 0 radical (unpaired) electrons. The van der Waals surface area contributed by atoms with E-state index in [2.05, 4.69) is 47.9 Å². The highest BCUT2D eigenvalue weighted by Gasteiger charge is 2.61. The molecular weight excluding hydrogens is 350 g/mol. The van der Waals surface area contributed by atoms with Crippen molar-refractivity contribution >= 4 is 17.2 Å². The van der Waals surface area contributed by atoms with Crippen molar-refractivity contribution in [1.82, 2.24) is 10.6 Å². The second kappa shape index (κ2) is 5.31. The molecule has 2 atom stereocenters. The minimum Gasteiger partial charge on any atom is -0.501 e. The van der Waals surface area contributed by atoms with Crippen molar-refractivity contribution in [3.05, 3.63) is 70.3 Å². The maximum Gasteiger partial charge on any atom is 0.243 e. The number of anilines is 1. The molecular formula is C23H23N3O2. The second-order valence-electron chi connectivity index (χ2n) is 8.07. The average Bonchev–Trinajstić information content (AvgIpc) is 3.10. The van der Waals surface area contributed by atoms with Crippen LogP contribution in [0, 0.1) is 5.92 Å². The van der Waals surface area contributed by atoms with Crippen molar-refractivity contribution in [2.45, 2.75) is 18.8 Å². The van der Waals surface area contributed by atoms with Crippen LogP contribution in [0.15, 0.2) is 59.2 Å². The third-order valence-electron chi connectivity index (χ3n) is 6.72. The number of benzene rings is 1. The number of nitrogens with zero attached hydrogens (tertiary/aromatic N) is 1. The number of rotatable bonds is 3. The number of nitrogens with one attached hydrogen (secondary N) is 2. The van der Waals surface area contributed by atoms with Gasteiger partial charge in [-0.2, -0.15) is 0 Å². The largest absolute Gasteiger partial charge is 0.501 e. The van der Waals surface area contributed by atoms with E-state index in [0.717, 1.165) is 35.5 Å². The van der Waals surface area contributed by atoms with E-state index in [0.29, 0.717) is 19.1 Å². The lowest BCUT2D eigenvalue weighted by Crippen LogP contribution is -2.43. The Morgan fingerprint density at radius 2 is 2.29 bits per heavy atom. The number of fused-ring (bicyclic) bond motifs is 5. The molecule has 1 amide bonds. The molecule has 0 aromatic heterocycles. The lowest BCUT2D eigenvalue weighted by Gasteiger charge is -2.27. The highest BCUT2D eigenvalue weighted by Crippen LogP contribution is 2.60. The molecule has 5 nitrogen and oxygen atoms in total. The molecule has 0 saturated heterocycles. The van der Waals surface area contributed by atoms with Gasteiger partial charge in [-0.05, 0) is 35.8 Å². The van der Waals surface area contributed by atoms with E-state index in [1.807, 2.05) is 18.2 Å². The Labute approximate surface area is 164 Å². The summed E-state index contributed by atoms with van der Waals surface area (Å²) in [5.74, 6) is 0.495. The summed E-state index contributed by atoms with van der Waals surface area (Å²) in [7, 11) is 1.90. The Morgan fingerprint density at radius 1 is 1.39 bits per heavy atom. The Bertz CT molecular complexity index is 1060. The van der Waals surface area contributed by atoms with Crippen LogP contribution >= 0.6 is 0 Å². The minimum atomic E-state index is -0.658.